The number of esters is 1. The summed E-state index contributed by atoms with van der Waals surface area (Å²) in [5.41, 5.74) is 1.05. The van der Waals surface area contributed by atoms with Gasteiger partial charge < -0.3 is 18.9 Å². The summed E-state index contributed by atoms with van der Waals surface area (Å²) in [5, 5.41) is 0. The van der Waals surface area contributed by atoms with Gasteiger partial charge in [0.1, 0.15) is 11.5 Å². The Morgan fingerprint density at radius 1 is 1.25 bits per heavy atom. The van der Waals surface area contributed by atoms with Crippen LogP contribution in [0, 0.1) is 5.92 Å². The normalized spacial score (nSPS) is 27.5. The molecule has 130 valence electrons. The molecule has 2 heterocycles. The second kappa shape index (κ2) is 6.37. The Hall–Kier alpha value is -1.59. The van der Waals surface area contributed by atoms with Crippen molar-refractivity contribution in [2.45, 2.75) is 50.7 Å². The van der Waals surface area contributed by atoms with Crippen LogP contribution >= 0.6 is 0 Å². The molecule has 0 aromatic heterocycles. The van der Waals surface area contributed by atoms with Crippen molar-refractivity contribution in [2.24, 2.45) is 5.92 Å². The second-order valence-electron chi connectivity index (χ2n) is 6.89. The number of carbonyl (C=O) groups excluding carboxylic acids is 1. The van der Waals surface area contributed by atoms with Crippen molar-refractivity contribution >= 4 is 5.97 Å². The molecule has 5 nitrogen and oxygen atoms in total. The molecule has 1 spiro atoms. The maximum Gasteiger partial charge on any atom is 0.314 e. The monoisotopic (exact) mass is 332 g/mol. The molecule has 2 aliphatic heterocycles. The molecule has 1 aliphatic carbocycles. The smallest absolute Gasteiger partial charge is 0.314 e. The van der Waals surface area contributed by atoms with Crippen LogP contribution < -0.4 is 9.47 Å². The van der Waals surface area contributed by atoms with E-state index in [1.807, 2.05) is 18.2 Å². The molecule has 1 unspecified atom stereocenters. The standard InChI is InChI=1S/C19H24O5/c1-2-3-8-21-13-4-5-17-15(11-13)16-12-19(22-9-10-23-19)7-6-14(16)18(20)24-17/h4-5,11,14,16H,2-3,6-10,12H2,1H3/t14?,16-/m0/s1. The molecule has 0 amide bonds. The molecule has 1 aromatic carbocycles. The fourth-order valence-corrected chi connectivity index (χ4v) is 4.04. The highest BCUT2D eigenvalue weighted by Crippen LogP contribution is 2.51. The zero-order chi connectivity index (χ0) is 16.6. The quantitative estimate of drug-likeness (QED) is 0.480. The first-order chi connectivity index (χ1) is 11.7. The molecule has 4 rings (SSSR count). The van der Waals surface area contributed by atoms with E-state index in [-0.39, 0.29) is 17.8 Å². The lowest BCUT2D eigenvalue weighted by molar-refractivity contribution is -0.192. The second-order valence-corrected chi connectivity index (χ2v) is 6.89. The Bertz CT molecular complexity index is 620. The number of fused-ring (bicyclic) bond motifs is 3. The molecule has 1 aromatic rings. The van der Waals surface area contributed by atoms with Crippen LogP contribution in [0.4, 0.5) is 0 Å². The van der Waals surface area contributed by atoms with E-state index in [0.717, 1.165) is 37.0 Å². The van der Waals surface area contributed by atoms with Crippen LogP contribution in [-0.4, -0.2) is 31.6 Å². The van der Waals surface area contributed by atoms with Gasteiger partial charge in [-0.15, -0.1) is 0 Å². The van der Waals surface area contributed by atoms with Crippen molar-refractivity contribution in [3.63, 3.8) is 0 Å². The van der Waals surface area contributed by atoms with Gasteiger partial charge in [-0.2, -0.15) is 0 Å². The Labute approximate surface area is 142 Å². The van der Waals surface area contributed by atoms with E-state index in [4.69, 9.17) is 18.9 Å². The van der Waals surface area contributed by atoms with Crippen molar-refractivity contribution in [1.29, 1.82) is 0 Å². The first-order valence-electron chi connectivity index (χ1n) is 8.97. The van der Waals surface area contributed by atoms with Crippen molar-refractivity contribution in [3.05, 3.63) is 23.8 Å². The lowest BCUT2D eigenvalue weighted by atomic mass is 9.71. The van der Waals surface area contributed by atoms with Gasteiger partial charge in [-0.1, -0.05) is 13.3 Å². The molecule has 5 heteroatoms. The Balaban J connectivity index is 1.61. The van der Waals surface area contributed by atoms with Crippen LogP contribution in [0.1, 0.15) is 50.5 Å². The van der Waals surface area contributed by atoms with E-state index in [1.165, 1.54) is 0 Å². The summed E-state index contributed by atoms with van der Waals surface area (Å²) in [5.74, 6) is 0.811. The van der Waals surface area contributed by atoms with Crippen LogP contribution in [0.25, 0.3) is 0 Å². The summed E-state index contributed by atoms with van der Waals surface area (Å²) in [4.78, 5) is 12.4. The third-order valence-corrected chi connectivity index (χ3v) is 5.33. The number of hydrogen-bond donors (Lipinski definition) is 0. The minimum absolute atomic E-state index is 0.0721. The van der Waals surface area contributed by atoms with Gasteiger partial charge in [0.25, 0.3) is 0 Å². The minimum Gasteiger partial charge on any atom is -0.494 e. The zero-order valence-electron chi connectivity index (χ0n) is 14.1. The van der Waals surface area contributed by atoms with E-state index in [0.29, 0.717) is 32.0 Å². The predicted molar refractivity (Wildman–Crippen MR) is 87.2 cm³/mol. The molecular weight excluding hydrogens is 308 g/mol. The predicted octanol–water partition coefficient (Wildman–Crippen LogP) is 3.41. The summed E-state index contributed by atoms with van der Waals surface area (Å²) in [6, 6.07) is 5.76. The SMILES string of the molecule is CCCCOc1ccc2c(c1)[C@H]1CC3(CCC1C(=O)O2)OCCO3. The number of unbranched alkanes of at least 4 members (excludes halogenated alkanes) is 1. The largest absolute Gasteiger partial charge is 0.494 e. The average Bonchev–Trinajstić information content (AvgIpc) is 3.03. The van der Waals surface area contributed by atoms with Gasteiger partial charge >= 0.3 is 5.97 Å². The minimum atomic E-state index is -0.519. The molecule has 2 fully saturated rings. The van der Waals surface area contributed by atoms with Gasteiger partial charge in [0.15, 0.2) is 5.79 Å². The maximum absolute atomic E-state index is 12.4. The fraction of sp³-hybridized carbons (Fsp3) is 0.632. The summed E-state index contributed by atoms with van der Waals surface area (Å²) in [6.07, 6.45) is 4.33. The van der Waals surface area contributed by atoms with Gasteiger partial charge in [-0.05, 0) is 31.0 Å². The Morgan fingerprint density at radius 2 is 2.08 bits per heavy atom. The maximum atomic E-state index is 12.4. The highest BCUT2D eigenvalue weighted by Gasteiger charge is 2.50. The van der Waals surface area contributed by atoms with Crippen molar-refractivity contribution in [2.75, 3.05) is 19.8 Å². The summed E-state index contributed by atoms with van der Waals surface area (Å²) in [7, 11) is 0. The highest BCUT2D eigenvalue weighted by molar-refractivity contribution is 5.79. The highest BCUT2D eigenvalue weighted by atomic mass is 16.7. The van der Waals surface area contributed by atoms with E-state index in [1.54, 1.807) is 0 Å². The van der Waals surface area contributed by atoms with E-state index < -0.39 is 5.79 Å². The first kappa shape index (κ1) is 15.9. The van der Waals surface area contributed by atoms with Crippen LogP contribution in [0.5, 0.6) is 11.5 Å². The third-order valence-electron chi connectivity index (χ3n) is 5.33. The number of rotatable bonds is 4. The number of benzene rings is 1. The van der Waals surface area contributed by atoms with Crippen molar-refractivity contribution < 1.29 is 23.7 Å². The first-order valence-corrected chi connectivity index (χ1v) is 8.97. The molecule has 0 N–H and O–H groups in total. The number of hydrogen-bond acceptors (Lipinski definition) is 5. The lowest BCUT2D eigenvalue weighted by Crippen LogP contribution is -2.44. The topological polar surface area (TPSA) is 54.0 Å². The van der Waals surface area contributed by atoms with Crippen LogP contribution in [0.3, 0.4) is 0 Å². The molecule has 2 atom stereocenters. The average molecular weight is 332 g/mol. The van der Waals surface area contributed by atoms with E-state index >= 15 is 0 Å². The van der Waals surface area contributed by atoms with Crippen LogP contribution in [0.2, 0.25) is 0 Å². The Kier molecular flexibility index (Phi) is 4.22. The number of carbonyl (C=O) groups is 1. The van der Waals surface area contributed by atoms with Crippen molar-refractivity contribution in [3.8, 4) is 11.5 Å². The lowest BCUT2D eigenvalue weighted by Gasteiger charge is -2.42. The fourth-order valence-electron chi connectivity index (χ4n) is 4.04. The van der Waals surface area contributed by atoms with Gasteiger partial charge in [-0.3, -0.25) is 4.79 Å². The zero-order valence-corrected chi connectivity index (χ0v) is 14.1. The Morgan fingerprint density at radius 3 is 2.88 bits per heavy atom. The molecule has 3 aliphatic rings. The van der Waals surface area contributed by atoms with Gasteiger partial charge in [0.05, 0.1) is 25.7 Å². The van der Waals surface area contributed by atoms with Gasteiger partial charge in [-0.25, -0.2) is 0 Å². The van der Waals surface area contributed by atoms with E-state index in [2.05, 4.69) is 6.92 Å². The van der Waals surface area contributed by atoms with Crippen molar-refractivity contribution in [1.82, 2.24) is 0 Å². The molecule has 24 heavy (non-hydrogen) atoms. The molecule has 0 bridgehead atoms. The van der Waals surface area contributed by atoms with Gasteiger partial charge in [0.2, 0.25) is 0 Å². The third kappa shape index (κ3) is 2.80. The summed E-state index contributed by atoms with van der Waals surface area (Å²) >= 11 is 0. The molecule has 0 radical (unpaired) electrons. The summed E-state index contributed by atoms with van der Waals surface area (Å²) < 4.78 is 23.2. The number of ether oxygens (including phenoxy) is 4. The molecular formula is C19H24O5. The molecule has 1 saturated carbocycles. The van der Waals surface area contributed by atoms with Crippen LogP contribution in [0.15, 0.2) is 18.2 Å². The van der Waals surface area contributed by atoms with Gasteiger partial charge in [0, 0.05) is 24.3 Å². The van der Waals surface area contributed by atoms with Crippen LogP contribution in [-0.2, 0) is 14.3 Å². The van der Waals surface area contributed by atoms with E-state index in [9.17, 15) is 4.79 Å². The molecule has 1 saturated heterocycles. The summed E-state index contributed by atoms with van der Waals surface area (Å²) in [6.45, 7) is 4.12.